The zero-order valence-corrected chi connectivity index (χ0v) is 16.2. The van der Waals surface area contributed by atoms with Crippen molar-refractivity contribution < 1.29 is 13.9 Å². The lowest BCUT2D eigenvalue weighted by Crippen LogP contribution is -2.25. The molecule has 2 rings (SSSR count). The zero-order chi connectivity index (χ0) is 18.3. The van der Waals surface area contributed by atoms with Crippen molar-refractivity contribution in [2.24, 2.45) is 0 Å². The summed E-state index contributed by atoms with van der Waals surface area (Å²) >= 11 is 0. The second-order valence-corrected chi connectivity index (χ2v) is 7.02. The minimum Gasteiger partial charge on any atom is -0.465 e. The molecular weight excluding hydrogens is 314 g/mol. The predicted octanol–water partition coefficient (Wildman–Crippen LogP) is 5.38. The van der Waals surface area contributed by atoms with Crippen LogP contribution in [0.4, 0.5) is 0 Å². The maximum Gasteiger partial charge on any atom is 0.135 e. The quantitative estimate of drug-likeness (QED) is 0.593. The first-order valence-electron chi connectivity index (χ1n) is 9.60. The van der Waals surface area contributed by atoms with Gasteiger partial charge in [0.15, 0.2) is 0 Å². The Morgan fingerprint density at radius 1 is 0.880 bits per heavy atom. The predicted molar refractivity (Wildman–Crippen MR) is 100 cm³/mol. The number of aliphatic hydroxyl groups is 1. The first-order valence-corrected chi connectivity index (χ1v) is 9.60. The van der Waals surface area contributed by atoms with Crippen LogP contribution in [-0.2, 0) is 18.7 Å². The molecule has 2 aromatic rings. The van der Waals surface area contributed by atoms with E-state index in [9.17, 15) is 5.11 Å². The monoisotopic (exact) mass is 347 g/mol. The van der Waals surface area contributed by atoms with Crippen molar-refractivity contribution in [2.45, 2.75) is 78.5 Å². The average molecular weight is 347 g/mol. The van der Waals surface area contributed by atoms with Crippen LogP contribution in [0, 0.1) is 6.92 Å². The van der Waals surface area contributed by atoms with Gasteiger partial charge in [-0.25, -0.2) is 0 Å². The number of furan rings is 2. The van der Waals surface area contributed by atoms with Crippen molar-refractivity contribution in [3.8, 4) is 0 Å². The van der Waals surface area contributed by atoms with Crippen LogP contribution >= 0.6 is 0 Å². The van der Waals surface area contributed by atoms with E-state index >= 15 is 0 Å². The van der Waals surface area contributed by atoms with Gasteiger partial charge < -0.3 is 13.9 Å². The molecule has 0 fully saturated rings. The molecule has 0 aromatic carbocycles. The highest BCUT2D eigenvalue weighted by molar-refractivity contribution is 5.14. The van der Waals surface area contributed by atoms with Crippen molar-refractivity contribution >= 4 is 0 Å². The van der Waals surface area contributed by atoms with Crippen LogP contribution in [0.15, 0.2) is 33.1 Å². The fraction of sp³-hybridized carbons (Fsp3) is 0.619. The van der Waals surface area contributed by atoms with Crippen molar-refractivity contribution in [1.29, 1.82) is 0 Å². The van der Waals surface area contributed by atoms with Gasteiger partial charge in [0, 0.05) is 0 Å². The highest BCUT2D eigenvalue weighted by Crippen LogP contribution is 2.33. The molecule has 0 saturated heterocycles. The fourth-order valence-electron chi connectivity index (χ4n) is 3.45. The largest absolute Gasteiger partial charge is 0.465 e. The Hall–Kier alpha value is -1.52. The van der Waals surface area contributed by atoms with Crippen molar-refractivity contribution in [3.63, 3.8) is 0 Å². The molecule has 0 spiro atoms. The lowest BCUT2D eigenvalue weighted by atomic mass is 9.90. The second-order valence-electron chi connectivity index (χ2n) is 7.02. The van der Waals surface area contributed by atoms with Crippen LogP contribution in [-0.4, -0.2) is 16.6 Å². The molecule has 1 N–H and O–H groups in total. The summed E-state index contributed by atoms with van der Waals surface area (Å²) in [6, 6.07) is 7.98. The van der Waals surface area contributed by atoms with Crippen LogP contribution in [0.1, 0.15) is 75.9 Å². The van der Waals surface area contributed by atoms with Gasteiger partial charge in [0.2, 0.25) is 0 Å². The van der Waals surface area contributed by atoms with E-state index in [-0.39, 0.29) is 0 Å². The van der Waals surface area contributed by atoms with Gasteiger partial charge in [0.05, 0.1) is 13.1 Å². The van der Waals surface area contributed by atoms with E-state index in [1.54, 1.807) is 0 Å². The third-order valence-corrected chi connectivity index (χ3v) is 4.54. The summed E-state index contributed by atoms with van der Waals surface area (Å²) in [6.07, 6.45) is 4.41. The van der Waals surface area contributed by atoms with Gasteiger partial charge in [-0.2, -0.15) is 0 Å². The van der Waals surface area contributed by atoms with E-state index in [0.717, 1.165) is 69.0 Å². The van der Waals surface area contributed by atoms with Crippen molar-refractivity contribution in [1.82, 2.24) is 4.90 Å². The average Bonchev–Trinajstić information content (AvgIpc) is 3.18. The summed E-state index contributed by atoms with van der Waals surface area (Å²) in [5.74, 6) is 3.52. The van der Waals surface area contributed by atoms with E-state index in [2.05, 4.69) is 25.7 Å². The van der Waals surface area contributed by atoms with E-state index in [0.29, 0.717) is 5.76 Å². The smallest absolute Gasteiger partial charge is 0.135 e. The molecule has 0 aliphatic heterocycles. The summed E-state index contributed by atoms with van der Waals surface area (Å²) in [6.45, 7) is 10.8. The van der Waals surface area contributed by atoms with Gasteiger partial charge in [0.25, 0.3) is 0 Å². The van der Waals surface area contributed by atoms with Crippen LogP contribution in [0.25, 0.3) is 0 Å². The summed E-state index contributed by atoms with van der Waals surface area (Å²) in [5.41, 5.74) is -0.838. The molecule has 0 amide bonds. The number of hydrogen-bond acceptors (Lipinski definition) is 4. The Balaban J connectivity index is 2.08. The Bertz CT molecular complexity index is 623. The second kappa shape index (κ2) is 9.25. The Labute approximate surface area is 151 Å². The molecule has 2 heterocycles. The van der Waals surface area contributed by atoms with Gasteiger partial charge in [0.1, 0.15) is 28.6 Å². The third kappa shape index (κ3) is 5.48. The fourth-order valence-corrected chi connectivity index (χ4v) is 3.45. The molecule has 0 unspecified atom stereocenters. The van der Waals surface area contributed by atoms with Gasteiger partial charge in [-0.05, 0) is 57.0 Å². The zero-order valence-electron chi connectivity index (χ0n) is 16.2. The van der Waals surface area contributed by atoms with Crippen molar-refractivity contribution in [3.05, 3.63) is 47.3 Å². The summed E-state index contributed by atoms with van der Waals surface area (Å²) < 4.78 is 11.8. The maximum atomic E-state index is 10.9. The first kappa shape index (κ1) is 19.8. The van der Waals surface area contributed by atoms with Gasteiger partial charge in [-0.15, -0.1) is 0 Å². The van der Waals surface area contributed by atoms with Crippen LogP contribution in [0.3, 0.4) is 0 Å². The van der Waals surface area contributed by atoms with Crippen LogP contribution < -0.4 is 0 Å². The number of aryl methyl sites for hydroxylation is 1. The maximum absolute atomic E-state index is 10.9. The molecule has 140 valence electrons. The van der Waals surface area contributed by atoms with Gasteiger partial charge >= 0.3 is 0 Å². The normalized spacial score (nSPS) is 12.2. The standard InChI is InChI=1S/C21H33NO3/c1-5-12-21(23,13-6-2)20-11-10-19(25-20)16-22(14-7-3)15-18-9-8-17(4)24-18/h8-11,23H,5-7,12-16H2,1-4H3. The third-order valence-electron chi connectivity index (χ3n) is 4.54. The molecule has 4 nitrogen and oxygen atoms in total. The SMILES string of the molecule is CCCN(Cc1ccc(C)o1)Cc1ccc(C(O)(CCC)CCC)o1. The minimum atomic E-state index is -0.838. The van der Waals surface area contributed by atoms with E-state index in [1.807, 2.05) is 31.2 Å². The first-order chi connectivity index (χ1) is 12.0. The number of rotatable bonds is 11. The molecular formula is C21H33NO3. The molecule has 0 bridgehead atoms. The number of hydrogen-bond donors (Lipinski definition) is 1. The van der Waals surface area contributed by atoms with Gasteiger partial charge in [-0.3, -0.25) is 4.90 Å². The Morgan fingerprint density at radius 2 is 1.48 bits per heavy atom. The van der Waals surface area contributed by atoms with E-state index in [1.165, 1.54) is 0 Å². The topological polar surface area (TPSA) is 49.8 Å². The van der Waals surface area contributed by atoms with Crippen molar-refractivity contribution in [2.75, 3.05) is 6.54 Å². The highest BCUT2D eigenvalue weighted by Gasteiger charge is 2.31. The molecule has 0 radical (unpaired) electrons. The van der Waals surface area contributed by atoms with Crippen LogP contribution in [0.2, 0.25) is 0 Å². The summed E-state index contributed by atoms with van der Waals surface area (Å²) in [5, 5.41) is 10.9. The molecule has 25 heavy (non-hydrogen) atoms. The van der Waals surface area contributed by atoms with E-state index < -0.39 is 5.60 Å². The molecule has 0 atom stereocenters. The van der Waals surface area contributed by atoms with E-state index in [4.69, 9.17) is 8.83 Å². The molecule has 0 saturated carbocycles. The highest BCUT2D eigenvalue weighted by atomic mass is 16.4. The molecule has 0 aliphatic rings. The number of nitrogens with zero attached hydrogens (tertiary/aromatic N) is 1. The molecule has 0 aliphatic carbocycles. The minimum absolute atomic E-state index is 0.705. The molecule has 2 aromatic heterocycles. The summed E-state index contributed by atoms with van der Waals surface area (Å²) in [7, 11) is 0. The summed E-state index contributed by atoms with van der Waals surface area (Å²) in [4.78, 5) is 2.32. The van der Waals surface area contributed by atoms with Gasteiger partial charge in [-0.1, -0.05) is 33.6 Å². The lowest BCUT2D eigenvalue weighted by molar-refractivity contribution is -0.00524. The lowest BCUT2D eigenvalue weighted by Gasteiger charge is -2.25. The Morgan fingerprint density at radius 3 is 2.00 bits per heavy atom. The molecule has 4 heteroatoms. The Kier molecular flexibility index (Phi) is 7.33. The van der Waals surface area contributed by atoms with Crippen LogP contribution in [0.5, 0.6) is 0 Å².